The summed E-state index contributed by atoms with van der Waals surface area (Å²) in [7, 11) is -3.71. The first-order valence-electron chi connectivity index (χ1n) is 5.76. The lowest BCUT2D eigenvalue weighted by atomic mass is 9.86. The van der Waals surface area contributed by atoms with Crippen molar-refractivity contribution in [2.45, 2.75) is 31.1 Å². The zero-order chi connectivity index (χ0) is 13.6. The van der Waals surface area contributed by atoms with Gasteiger partial charge in [-0.15, -0.1) is 0 Å². The van der Waals surface area contributed by atoms with Crippen molar-refractivity contribution in [2.75, 3.05) is 0 Å². The van der Waals surface area contributed by atoms with Gasteiger partial charge in [-0.1, -0.05) is 51.1 Å². The molecule has 0 aliphatic carbocycles. The number of nitrogens with two attached hydrogens (primary N) is 1. The largest absolute Gasteiger partial charge is 0.238 e. The van der Waals surface area contributed by atoms with Crippen LogP contribution in [0, 0.1) is 0 Å². The molecule has 0 radical (unpaired) electrons. The predicted molar refractivity (Wildman–Crippen MR) is 74.0 cm³/mol. The molecule has 0 bridgehead atoms. The van der Waals surface area contributed by atoms with Crippen LogP contribution in [0.3, 0.4) is 0 Å². The van der Waals surface area contributed by atoms with Crippen molar-refractivity contribution in [3.05, 3.63) is 42.0 Å². The maximum Gasteiger partial charge on any atom is 0.238 e. The number of benzene rings is 2. The molecule has 0 saturated carbocycles. The topological polar surface area (TPSA) is 60.2 Å². The summed E-state index contributed by atoms with van der Waals surface area (Å²) in [5, 5.41) is 6.88. The Balaban J connectivity index is 2.90. The van der Waals surface area contributed by atoms with Crippen LogP contribution < -0.4 is 5.14 Å². The van der Waals surface area contributed by atoms with Crippen molar-refractivity contribution < 1.29 is 8.42 Å². The smallest absolute Gasteiger partial charge is 0.225 e. The average Bonchev–Trinajstić information content (AvgIpc) is 2.25. The molecule has 0 saturated heterocycles. The molecule has 0 aromatic heterocycles. The first kappa shape index (κ1) is 13.1. The van der Waals surface area contributed by atoms with Gasteiger partial charge in [-0.3, -0.25) is 0 Å². The number of fused-ring (bicyclic) bond motifs is 1. The Kier molecular flexibility index (Phi) is 2.95. The van der Waals surface area contributed by atoms with Crippen molar-refractivity contribution in [3.63, 3.8) is 0 Å². The quantitative estimate of drug-likeness (QED) is 0.860. The molecule has 0 aliphatic heterocycles. The van der Waals surface area contributed by atoms with E-state index in [0.29, 0.717) is 5.39 Å². The molecule has 0 heterocycles. The van der Waals surface area contributed by atoms with Gasteiger partial charge in [0.15, 0.2) is 0 Å². The molecule has 0 spiro atoms. The van der Waals surface area contributed by atoms with Gasteiger partial charge in [-0.2, -0.15) is 0 Å². The minimum absolute atomic E-state index is 0.122. The van der Waals surface area contributed by atoms with E-state index in [0.717, 1.165) is 10.9 Å². The first-order valence-corrected chi connectivity index (χ1v) is 7.30. The SMILES string of the molecule is CC(C)(C)c1cc(S(N)(=O)=O)c2ccccc2c1. The van der Waals surface area contributed by atoms with E-state index in [1.54, 1.807) is 12.1 Å². The van der Waals surface area contributed by atoms with E-state index in [4.69, 9.17) is 5.14 Å². The molecule has 4 heteroatoms. The second-order valence-corrected chi connectivity index (χ2v) is 7.02. The van der Waals surface area contributed by atoms with Crippen LogP contribution in [0.15, 0.2) is 41.3 Å². The van der Waals surface area contributed by atoms with Crippen molar-refractivity contribution >= 4 is 20.8 Å². The molecule has 2 N–H and O–H groups in total. The van der Waals surface area contributed by atoms with Gasteiger partial charge in [0.2, 0.25) is 10.0 Å². The van der Waals surface area contributed by atoms with Gasteiger partial charge in [0, 0.05) is 5.39 Å². The number of hydrogen-bond acceptors (Lipinski definition) is 2. The molecule has 96 valence electrons. The monoisotopic (exact) mass is 263 g/mol. The third kappa shape index (κ3) is 2.40. The minimum Gasteiger partial charge on any atom is -0.225 e. The number of sulfonamides is 1. The fraction of sp³-hybridized carbons (Fsp3) is 0.286. The fourth-order valence-corrected chi connectivity index (χ4v) is 2.73. The van der Waals surface area contributed by atoms with Crippen LogP contribution in [0.5, 0.6) is 0 Å². The van der Waals surface area contributed by atoms with Crippen molar-refractivity contribution in [3.8, 4) is 0 Å². The van der Waals surface area contributed by atoms with Crippen LogP contribution in [0.1, 0.15) is 26.3 Å². The lowest BCUT2D eigenvalue weighted by Crippen LogP contribution is -2.16. The van der Waals surface area contributed by atoms with Gasteiger partial charge in [-0.25, -0.2) is 13.6 Å². The van der Waals surface area contributed by atoms with Gasteiger partial charge in [-0.05, 0) is 22.4 Å². The lowest BCUT2D eigenvalue weighted by Gasteiger charge is -2.20. The highest BCUT2D eigenvalue weighted by Gasteiger charge is 2.19. The second-order valence-electron chi connectivity index (χ2n) is 5.49. The van der Waals surface area contributed by atoms with Crippen molar-refractivity contribution in [1.29, 1.82) is 0 Å². The lowest BCUT2D eigenvalue weighted by molar-refractivity contribution is 0.586. The molecule has 0 fully saturated rings. The summed E-state index contributed by atoms with van der Waals surface area (Å²) in [5.74, 6) is 0. The summed E-state index contributed by atoms with van der Waals surface area (Å²) < 4.78 is 23.4. The van der Waals surface area contributed by atoms with Crippen LogP contribution in [0.2, 0.25) is 0 Å². The average molecular weight is 263 g/mol. The predicted octanol–water partition coefficient (Wildman–Crippen LogP) is 2.78. The number of rotatable bonds is 1. The Labute approximate surface area is 108 Å². The Bertz CT molecular complexity index is 697. The summed E-state index contributed by atoms with van der Waals surface area (Å²) in [6.07, 6.45) is 0. The first-order chi connectivity index (χ1) is 8.19. The summed E-state index contributed by atoms with van der Waals surface area (Å²) in [4.78, 5) is 0.200. The Morgan fingerprint density at radius 1 is 1.06 bits per heavy atom. The molecule has 2 aromatic carbocycles. The summed E-state index contributed by atoms with van der Waals surface area (Å²) in [6, 6.07) is 11.1. The Morgan fingerprint density at radius 3 is 2.22 bits per heavy atom. The van der Waals surface area contributed by atoms with E-state index < -0.39 is 10.0 Å². The Morgan fingerprint density at radius 2 is 1.67 bits per heavy atom. The zero-order valence-corrected chi connectivity index (χ0v) is 11.6. The normalized spacial score (nSPS) is 12.9. The summed E-state index contributed by atoms with van der Waals surface area (Å²) in [6.45, 7) is 6.14. The van der Waals surface area contributed by atoms with Crippen LogP contribution >= 0.6 is 0 Å². The molecule has 0 amide bonds. The van der Waals surface area contributed by atoms with Gasteiger partial charge < -0.3 is 0 Å². The van der Waals surface area contributed by atoms with E-state index in [9.17, 15) is 8.42 Å². The van der Waals surface area contributed by atoms with E-state index in [-0.39, 0.29) is 10.3 Å². The van der Waals surface area contributed by atoms with Gasteiger partial charge >= 0.3 is 0 Å². The van der Waals surface area contributed by atoms with Crippen molar-refractivity contribution in [1.82, 2.24) is 0 Å². The molecule has 18 heavy (non-hydrogen) atoms. The van der Waals surface area contributed by atoms with Crippen molar-refractivity contribution in [2.24, 2.45) is 5.14 Å². The molecule has 2 aromatic rings. The van der Waals surface area contributed by atoms with E-state index in [1.165, 1.54) is 0 Å². The van der Waals surface area contributed by atoms with Crippen LogP contribution in [0.4, 0.5) is 0 Å². The number of hydrogen-bond donors (Lipinski definition) is 1. The number of primary sulfonamides is 1. The zero-order valence-electron chi connectivity index (χ0n) is 10.8. The molecule has 0 aliphatic rings. The maximum absolute atomic E-state index is 11.7. The highest BCUT2D eigenvalue weighted by atomic mass is 32.2. The highest BCUT2D eigenvalue weighted by molar-refractivity contribution is 7.89. The fourth-order valence-electron chi connectivity index (χ4n) is 1.94. The van der Waals surface area contributed by atoms with Crippen LogP contribution in [-0.2, 0) is 15.4 Å². The van der Waals surface area contributed by atoms with Crippen LogP contribution in [-0.4, -0.2) is 8.42 Å². The van der Waals surface area contributed by atoms with Gasteiger partial charge in [0.1, 0.15) is 0 Å². The minimum atomic E-state index is -3.71. The molecule has 2 rings (SSSR count). The maximum atomic E-state index is 11.7. The summed E-state index contributed by atoms with van der Waals surface area (Å²) >= 11 is 0. The van der Waals surface area contributed by atoms with E-state index in [2.05, 4.69) is 0 Å². The second kappa shape index (κ2) is 4.07. The van der Waals surface area contributed by atoms with Gasteiger partial charge in [0.05, 0.1) is 4.90 Å². The molecule has 3 nitrogen and oxygen atoms in total. The Hall–Kier alpha value is -1.39. The van der Waals surface area contributed by atoms with Crippen LogP contribution in [0.25, 0.3) is 10.8 Å². The molecule has 0 unspecified atom stereocenters. The third-order valence-electron chi connectivity index (χ3n) is 3.00. The third-order valence-corrected chi connectivity index (χ3v) is 3.95. The van der Waals surface area contributed by atoms with Gasteiger partial charge in [0.25, 0.3) is 0 Å². The van der Waals surface area contributed by atoms with E-state index >= 15 is 0 Å². The van der Waals surface area contributed by atoms with E-state index in [1.807, 2.05) is 45.0 Å². The standard InChI is InChI=1S/C14H17NO2S/c1-14(2,3)11-8-10-6-4-5-7-12(10)13(9-11)18(15,16)17/h4-9H,1-3H3,(H2,15,16,17). The molecular formula is C14H17NO2S. The summed E-state index contributed by atoms with van der Waals surface area (Å²) in [5.41, 5.74) is 0.842. The molecular weight excluding hydrogens is 246 g/mol. The highest BCUT2D eigenvalue weighted by Crippen LogP contribution is 2.30. The molecule has 0 atom stereocenters.